The first-order valence-corrected chi connectivity index (χ1v) is 11.7. The SMILES string of the molecule is C=C1C2CC3CC(C2)C(NC(=N)NC2C4CC5CC(C4)C(=C)C2(C#N)C5)C1(C#N)C3. The van der Waals surface area contributed by atoms with E-state index in [1.54, 1.807) is 0 Å². The van der Waals surface area contributed by atoms with Gasteiger partial charge in [-0.2, -0.15) is 10.5 Å². The zero-order chi connectivity index (χ0) is 20.8. The van der Waals surface area contributed by atoms with E-state index in [1.807, 2.05) is 0 Å². The molecule has 5 nitrogen and oxygen atoms in total. The molecular weight excluding hydrogens is 370 g/mol. The molecule has 8 fully saturated rings. The molecule has 0 saturated heterocycles. The number of nitrogens with zero attached hydrogens (tertiary/aromatic N) is 2. The Bertz CT molecular complexity index is 864. The van der Waals surface area contributed by atoms with Crippen molar-refractivity contribution >= 4 is 5.96 Å². The van der Waals surface area contributed by atoms with Gasteiger partial charge < -0.3 is 10.6 Å². The number of hydrogen-bond donors (Lipinski definition) is 3. The van der Waals surface area contributed by atoms with Crippen molar-refractivity contribution in [1.82, 2.24) is 10.6 Å². The van der Waals surface area contributed by atoms with E-state index in [0.717, 1.165) is 49.7 Å². The molecule has 0 amide bonds. The van der Waals surface area contributed by atoms with Crippen LogP contribution in [-0.2, 0) is 0 Å². The van der Waals surface area contributed by atoms with Gasteiger partial charge in [0.1, 0.15) is 0 Å². The van der Waals surface area contributed by atoms with Gasteiger partial charge in [-0.15, -0.1) is 0 Å². The third kappa shape index (κ3) is 2.14. The van der Waals surface area contributed by atoms with Crippen molar-refractivity contribution in [2.75, 3.05) is 0 Å². The zero-order valence-electron chi connectivity index (χ0n) is 17.6. The van der Waals surface area contributed by atoms with E-state index in [9.17, 15) is 10.5 Å². The Kier molecular flexibility index (Phi) is 3.64. The molecule has 8 saturated carbocycles. The predicted molar refractivity (Wildman–Crippen MR) is 114 cm³/mol. The van der Waals surface area contributed by atoms with Gasteiger partial charge in [0.15, 0.2) is 5.96 Å². The second-order valence-corrected chi connectivity index (χ2v) is 11.3. The van der Waals surface area contributed by atoms with Crippen LogP contribution in [-0.4, -0.2) is 18.0 Å². The lowest BCUT2D eigenvalue weighted by Gasteiger charge is -2.61. The Labute approximate surface area is 179 Å². The standard InChI is InChI=1S/C25H31N5/c1-13-17-3-15-5-19(7-17)21(24(13,9-15)11-26)29-23(28)30-22-20-6-16-4-18(8-20)14(2)25(22,10-16)12-27/h15-22H,1-10H2,(H3,28,29,30). The van der Waals surface area contributed by atoms with Crippen LogP contribution < -0.4 is 10.6 Å². The highest BCUT2D eigenvalue weighted by atomic mass is 15.2. The van der Waals surface area contributed by atoms with Gasteiger partial charge in [0.2, 0.25) is 0 Å². The number of nitrogens with one attached hydrogen (secondary N) is 3. The van der Waals surface area contributed by atoms with E-state index in [4.69, 9.17) is 5.41 Å². The van der Waals surface area contributed by atoms with Crippen LogP contribution in [0.1, 0.15) is 51.4 Å². The van der Waals surface area contributed by atoms with Crippen molar-refractivity contribution in [3.63, 3.8) is 0 Å². The molecule has 8 bridgehead atoms. The van der Waals surface area contributed by atoms with Gasteiger partial charge in [-0.25, -0.2) is 0 Å². The van der Waals surface area contributed by atoms with E-state index >= 15 is 0 Å². The second kappa shape index (κ2) is 5.91. The minimum atomic E-state index is -0.538. The Morgan fingerprint density at radius 3 is 1.63 bits per heavy atom. The topological polar surface area (TPSA) is 95.5 Å². The monoisotopic (exact) mass is 401 g/mol. The van der Waals surface area contributed by atoms with Gasteiger partial charge in [-0.3, -0.25) is 5.41 Å². The molecule has 0 aliphatic heterocycles. The Balaban J connectivity index is 1.25. The number of rotatable bonds is 2. The molecule has 0 spiro atoms. The fraction of sp³-hybridized carbons (Fsp3) is 0.720. The highest BCUT2D eigenvalue weighted by Gasteiger charge is 2.62. The molecule has 10 atom stereocenters. The number of hydrogen-bond acceptors (Lipinski definition) is 3. The molecule has 5 heteroatoms. The van der Waals surface area contributed by atoms with Crippen molar-refractivity contribution < 1.29 is 0 Å². The third-order valence-electron chi connectivity index (χ3n) is 10.0. The van der Waals surface area contributed by atoms with Crippen LogP contribution in [0, 0.1) is 74.4 Å². The first-order valence-electron chi connectivity index (χ1n) is 11.7. The van der Waals surface area contributed by atoms with Gasteiger partial charge in [-0.1, -0.05) is 24.3 Å². The van der Waals surface area contributed by atoms with E-state index in [-0.39, 0.29) is 18.0 Å². The van der Waals surface area contributed by atoms with E-state index in [1.165, 1.54) is 12.8 Å². The molecule has 0 aromatic heterocycles. The van der Waals surface area contributed by atoms with Crippen molar-refractivity contribution in [3.8, 4) is 12.1 Å². The molecule has 30 heavy (non-hydrogen) atoms. The number of guanidine groups is 1. The molecule has 10 unspecified atom stereocenters. The molecule has 3 N–H and O–H groups in total. The maximum absolute atomic E-state index is 10.2. The van der Waals surface area contributed by atoms with Crippen LogP contribution in [0.2, 0.25) is 0 Å². The molecule has 8 aliphatic carbocycles. The summed E-state index contributed by atoms with van der Waals surface area (Å²) in [5, 5.41) is 36.1. The quantitative estimate of drug-likeness (QED) is 0.372. The third-order valence-corrected chi connectivity index (χ3v) is 10.0. The minimum absolute atomic E-state index is 0.0409. The number of nitriles is 2. The molecule has 0 aromatic carbocycles. The first kappa shape index (κ1) is 18.5. The highest BCUT2D eigenvalue weighted by Crippen LogP contribution is 2.63. The maximum atomic E-state index is 10.2. The lowest BCUT2D eigenvalue weighted by Crippen LogP contribution is -2.67. The summed E-state index contributed by atoms with van der Waals surface area (Å²) in [5.74, 6) is 3.40. The van der Waals surface area contributed by atoms with Gasteiger partial charge >= 0.3 is 0 Å². The smallest absolute Gasteiger partial charge is 0.188 e. The zero-order valence-corrected chi connectivity index (χ0v) is 17.6. The van der Waals surface area contributed by atoms with Gasteiger partial charge in [0.05, 0.1) is 35.1 Å². The van der Waals surface area contributed by atoms with Crippen LogP contribution >= 0.6 is 0 Å². The summed E-state index contributed by atoms with van der Waals surface area (Å²) in [7, 11) is 0. The minimum Gasteiger partial charge on any atom is -0.352 e. The molecule has 0 radical (unpaired) electrons. The van der Waals surface area contributed by atoms with Gasteiger partial charge in [0, 0.05) is 0 Å². The van der Waals surface area contributed by atoms with Crippen LogP contribution in [0.4, 0.5) is 0 Å². The summed E-state index contributed by atoms with van der Waals surface area (Å²) < 4.78 is 0. The average molecular weight is 402 g/mol. The Morgan fingerprint density at radius 1 is 0.800 bits per heavy atom. The predicted octanol–water partition coefficient (Wildman–Crippen LogP) is 3.87. The van der Waals surface area contributed by atoms with Crippen LogP contribution in [0.3, 0.4) is 0 Å². The normalized spacial score (nSPS) is 52.1. The highest BCUT2D eigenvalue weighted by molar-refractivity contribution is 5.78. The maximum Gasteiger partial charge on any atom is 0.188 e. The summed E-state index contributed by atoms with van der Waals surface area (Å²) in [5.41, 5.74) is 1.12. The van der Waals surface area contributed by atoms with Crippen LogP contribution in [0.5, 0.6) is 0 Å². The molecule has 8 aliphatic rings. The molecule has 0 heterocycles. The van der Waals surface area contributed by atoms with E-state index in [0.29, 0.717) is 35.5 Å². The van der Waals surface area contributed by atoms with E-state index in [2.05, 4.69) is 35.9 Å². The summed E-state index contributed by atoms with van der Waals surface area (Å²) in [6.07, 6.45) is 8.67. The molecule has 0 aromatic rings. The van der Waals surface area contributed by atoms with Gasteiger partial charge in [-0.05, 0) is 86.9 Å². The fourth-order valence-electron chi connectivity index (χ4n) is 8.98. The van der Waals surface area contributed by atoms with Gasteiger partial charge in [0.25, 0.3) is 0 Å². The van der Waals surface area contributed by atoms with Crippen molar-refractivity contribution in [2.45, 2.75) is 63.5 Å². The van der Waals surface area contributed by atoms with Crippen molar-refractivity contribution in [1.29, 1.82) is 15.9 Å². The Morgan fingerprint density at radius 2 is 1.23 bits per heavy atom. The van der Waals surface area contributed by atoms with Crippen molar-refractivity contribution in [3.05, 3.63) is 24.3 Å². The van der Waals surface area contributed by atoms with Crippen LogP contribution in [0.25, 0.3) is 0 Å². The summed E-state index contributed by atoms with van der Waals surface area (Å²) >= 11 is 0. The first-order chi connectivity index (χ1) is 14.4. The summed E-state index contributed by atoms with van der Waals surface area (Å²) in [6, 6.07) is 5.20. The van der Waals surface area contributed by atoms with Crippen LogP contribution in [0.15, 0.2) is 24.3 Å². The van der Waals surface area contributed by atoms with Crippen molar-refractivity contribution in [2.24, 2.45) is 46.3 Å². The Hall–Kier alpha value is -2.27. The summed E-state index contributed by atoms with van der Waals surface area (Å²) in [4.78, 5) is 0. The molecule has 8 rings (SSSR count). The fourth-order valence-corrected chi connectivity index (χ4v) is 8.98. The second-order valence-electron chi connectivity index (χ2n) is 11.3. The average Bonchev–Trinajstić information content (AvgIpc) is 2.74. The van der Waals surface area contributed by atoms with E-state index < -0.39 is 10.8 Å². The molecular formula is C25H31N5. The summed E-state index contributed by atoms with van der Waals surface area (Å²) in [6.45, 7) is 8.71. The largest absolute Gasteiger partial charge is 0.352 e. The lowest BCUT2D eigenvalue weighted by atomic mass is 9.45. The molecule has 156 valence electrons. The lowest BCUT2D eigenvalue weighted by molar-refractivity contribution is -0.00218.